The Morgan fingerprint density at radius 2 is 1.72 bits per heavy atom. The van der Waals surface area contributed by atoms with Gasteiger partial charge in [-0.05, 0) is 92.1 Å². The van der Waals surface area contributed by atoms with Crippen molar-refractivity contribution in [1.29, 1.82) is 0 Å². The number of fused-ring (bicyclic) bond motifs is 1. The van der Waals surface area contributed by atoms with E-state index in [1.165, 1.54) is 16.7 Å². The molecule has 2 aliphatic heterocycles. The lowest BCUT2D eigenvalue weighted by molar-refractivity contribution is 0.0805. The number of nitrogens with one attached hydrogen (secondary N) is 1. The third kappa shape index (κ3) is 6.95. The maximum Gasteiger partial charge on any atom is 0.183 e. The van der Waals surface area contributed by atoms with Gasteiger partial charge in [0, 0.05) is 19.6 Å². The summed E-state index contributed by atoms with van der Waals surface area (Å²) in [5, 5.41) is 4.62. The Morgan fingerprint density at radius 1 is 1.00 bits per heavy atom. The van der Waals surface area contributed by atoms with Crippen LogP contribution in [0.5, 0.6) is 0 Å². The van der Waals surface area contributed by atoms with Crippen LogP contribution in [0.3, 0.4) is 0 Å². The topological polar surface area (TPSA) is 27.7 Å². The fraction of sp³-hybridized carbons (Fsp3) is 0.406. The summed E-state index contributed by atoms with van der Waals surface area (Å²) >= 11 is 6.21. The first kappa shape index (κ1) is 28.0. The van der Waals surface area contributed by atoms with Crippen LogP contribution in [0.1, 0.15) is 41.1 Å². The van der Waals surface area contributed by atoms with Gasteiger partial charge in [0.15, 0.2) is 13.4 Å². The molecule has 1 unspecified atom stereocenters. The molecule has 0 spiro atoms. The van der Waals surface area contributed by atoms with Gasteiger partial charge in [-0.1, -0.05) is 66.7 Å². The van der Waals surface area contributed by atoms with Crippen molar-refractivity contribution < 1.29 is 8.82 Å². The lowest BCUT2D eigenvalue weighted by atomic mass is 9.87. The van der Waals surface area contributed by atoms with Crippen molar-refractivity contribution >= 4 is 25.6 Å². The summed E-state index contributed by atoms with van der Waals surface area (Å²) in [5.41, 5.74) is 4.67. The lowest BCUT2D eigenvalue weighted by Crippen LogP contribution is -2.64. The second-order valence-corrected chi connectivity index (χ2v) is 16.9. The van der Waals surface area contributed by atoms with Crippen molar-refractivity contribution in [1.82, 2.24) is 15.1 Å². The van der Waals surface area contributed by atoms with E-state index >= 15 is 0 Å². The standard InChI is InChI=1S/C32H40FN3OSSi/c1-39(2,3)37-24-32(19-9-20-35(23-32)22-25-10-5-4-6-11-25)34-31(38)36-21-18-26-12-7-8-13-29(26)30(36)27-14-16-28(33)17-15-27/h4-8,10-17,30H,9,18-24H2,1-3H3,(H,34,38)/t30-,32?/m0/s1. The van der Waals surface area contributed by atoms with E-state index in [9.17, 15) is 4.39 Å². The number of piperidine rings is 1. The molecule has 5 rings (SSSR count). The summed E-state index contributed by atoms with van der Waals surface area (Å²) < 4.78 is 20.4. The number of rotatable bonds is 7. The second-order valence-electron chi connectivity index (χ2n) is 12.0. The summed E-state index contributed by atoms with van der Waals surface area (Å²) in [5.74, 6) is -0.224. The van der Waals surface area contributed by atoms with Gasteiger partial charge in [-0.15, -0.1) is 0 Å². The van der Waals surface area contributed by atoms with Crippen molar-refractivity contribution in [2.24, 2.45) is 0 Å². The molecule has 0 radical (unpaired) electrons. The Balaban J connectivity index is 1.42. The van der Waals surface area contributed by atoms with Gasteiger partial charge in [0.2, 0.25) is 0 Å². The molecule has 0 bridgehead atoms. The van der Waals surface area contributed by atoms with Crippen LogP contribution in [0, 0.1) is 5.82 Å². The highest BCUT2D eigenvalue weighted by atomic mass is 32.1. The zero-order chi connectivity index (χ0) is 27.5. The first-order valence-corrected chi connectivity index (χ1v) is 17.9. The van der Waals surface area contributed by atoms with E-state index in [1.54, 1.807) is 12.1 Å². The molecule has 1 fully saturated rings. The monoisotopic (exact) mass is 561 g/mol. The molecule has 2 atom stereocenters. The molecule has 1 saturated heterocycles. The van der Waals surface area contributed by atoms with Gasteiger partial charge in [0.05, 0.1) is 18.2 Å². The lowest BCUT2D eigenvalue weighted by Gasteiger charge is -2.47. The van der Waals surface area contributed by atoms with E-state index in [4.69, 9.17) is 16.6 Å². The minimum Gasteiger partial charge on any atom is -0.415 e. The number of hydrogen-bond donors (Lipinski definition) is 1. The van der Waals surface area contributed by atoms with Crippen molar-refractivity contribution in [2.75, 3.05) is 26.2 Å². The van der Waals surface area contributed by atoms with Gasteiger partial charge in [-0.25, -0.2) is 4.39 Å². The van der Waals surface area contributed by atoms with E-state index < -0.39 is 8.32 Å². The van der Waals surface area contributed by atoms with Crippen LogP contribution in [0.4, 0.5) is 4.39 Å². The van der Waals surface area contributed by atoms with Gasteiger partial charge < -0.3 is 14.6 Å². The number of nitrogens with zero attached hydrogens (tertiary/aromatic N) is 2. The van der Waals surface area contributed by atoms with Crippen LogP contribution in [0.15, 0.2) is 78.9 Å². The number of likely N-dealkylation sites (tertiary alicyclic amines) is 1. The van der Waals surface area contributed by atoms with Crippen LogP contribution in [-0.4, -0.2) is 55.0 Å². The molecule has 3 aromatic rings. The Kier molecular flexibility index (Phi) is 8.52. The van der Waals surface area contributed by atoms with Gasteiger partial charge in [-0.2, -0.15) is 0 Å². The summed E-state index contributed by atoms with van der Waals surface area (Å²) in [6.45, 7) is 11.0. The highest BCUT2D eigenvalue weighted by molar-refractivity contribution is 7.80. The van der Waals surface area contributed by atoms with Crippen molar-refractivity contribution in [3.63, 3.8) is 0 Å². The Morgan fingerprint density at radius 3 is 2.46 bits per heavy atom. The fourth-order valence-electron chi connectivity index (χ4n) is 5.90. The summed E-state index contributed by atoms with van der Waals surface area (Å²) in [6.07, 6.45) is 3.02. The summed E-state index contributed by atoms with van der Waals surface area (Å²) in [6, 6.07) is 26.1. The minimum absolute atomic E-state index is 0.0606. The SMILES string of the molecule is C[Si](C)(C)OCC1(NC(=S)N2CCc3ccccc3[C@@H]2c2ccc(F)cc2)CCCN(Cc2ccccc2)C1. The van der Waals surface area contributed by atoms with E-state index in [1.807, 2.05) is 12.1 Å². The van der Waals surface area contributed by atoms with Crippen LogP contribution in [0.25, 0.3) is 0 Å². The second kappa shape index (κ2) is 11.9. The number of halogens is 1. The average Bonchev–Trinajstić information content (AvgIpc) is 2.92. The third-order valence-electron chi connectivity index (χ3n) is 7.79. The van der Waals surface area contributed by atoms with Crippen molar-refractivity contribution in [3.05, 3.63) is 107 Å². The molecule has 2 aliphatic rings. The smallest absolute Gasteiger partial charge is 0.183 e. The molecule has 0 aliphatic carbocycles. The molecule has 1 N–H and O–H groups in total. The first-order chi connectivity index (χ1) is 18.7. The first-order valence-electron chi connectivity index (χ1n) is 14.0. The van der Waals surface area contributed by atoms with Crippen LogP contribution < -0.4 is 5.32 Å². The van der Waals surface area contributed by atoms with Gasteiger partial charge >= 0.3 is 0 Å². The molecular weight excluding hydrogens is 522 g/mol. The summed E-state index contributed by atoms with van der Waals surface area (Å²) in [7, 11) is -1.74. The predicted octanol–water partition coefficient (Wildman–Crippen LogP) is 6.53. The highest BCUT2D eigenvalue weighted by Crippen LogP contribution is 2.36. The van der Waals surface area contributed by atoms with Crippen molar-refractivity contribution in [3.8, 4) is 0 Å². The molecule has 4 nitrogen and oxygen atoms in total. The van der Waals surface area contributed by atoms with E-state index in [0.29, 0.717) is 6.61 Å². The van der Waals surface area contributed by atoms with Crippen LogP contribution in [-0.2, 0) is 17.4 Å². The zero-order valence-electron chi connectivity index (χ0n) is 23.3. The molecule has 206 valence electrons. The molecule has 3 aromatic carbocycles. The normalized spacial score (nSPS) is 21.8. The molecule has 0 amide bonds. The quantitative estimate of drug-likeness (QED) is 0.261. The van der Waals surface area contributed by atoms with Crippen molar-refractivity contribution in [2.45, 2.75) is 57.0 Å². The average molecular weight is 562 g/mol. The number of thiocarbonyl (C=S) groups is 1. The van der Waals surface area contributed by atoms with E-state index in [-0.39, 0.29) is 17.4 Å². The van der Waals surface area contributed by atoms with E-state index in [0.717, 1.165) is 56.1 Å². The molecular formula is C32H40FN3OSSi. The van der Waals surface area contributed by atoms with Gasteiger partial charge in [0.1, 0.15) is 5.82 Å². The third-order valence-corrected chi connectivity index (χ3v) is 9.14. The van der Waals surface area contributed by atoms with Crippen LogP contribution in [0.2, 0.25) is 19.6 Å². The predicted molar refractivity (Wildman–Crippen MR) is 164 cm³/mol. The Bertz CT molecular complexity index is 1270. The Labute approximate surface area is 239 Å². The van der Waals surface area contributed by atoms with Gasteiger partial charge in [-0.3, -0.25) is 4.90 Å². The van der Waals surface area contributed by atoms with E-state index in [2.05, 4.69) is 89.4 Å². The zero-order valence-corrected chi connectivity index (χ0v) is 25.1. The molecule has 0 aromatic heterocycles. The maximum atomic E-state index is 13.9. The molecule has 0 saturated carbocycles. The summed E-state index contributed by atoms with van der Waals surface area (Å²) in [4.78, 5) is 4.84. The number of benzene rings is 3. The molecule has 7 heteroatoms. The molecule has 39 heavy (non-hydrogen) atoms. The minimum atomic E-state index is -1.74. The van der Waals surface area contributed by atoms with Gasteiger partial charge in [0.25, 0.3) is 0 Å². The van der Waals surface area contributed by atoms with Crippen LogP contribution >= 0.6 is 12.2 Å². The highest BCUT2D eigenvalue weighted by Gasteiger charge is 2.40. The maximum absolute atomic E-state index is 13.9. The molecule has 2 heterocycles. The fourth-order valence-corrected chi connectivity index (χ4v) is 7.03. The number of hydrogen-bond acceptors (Lipinski definition) is 3. The largest absolute Gasteiger partial charge is 0.415 e. The Hall–Kier alpha value is -2.58.